The van der Waals surface area contributed by atoms with E-state index in [1.54, 1.807) is 6.21 Å². The van der Waals surface area contributed by atoms with Gasteiger partial charge in [0.1, 0.15) is 0 Å². The lowest BCUT2D eigenvalue weighted by molar-refractivity contribution is -0.118. The summed E-state index contributed by atoms with van der Waals surface area (Å²) in [5.74, 6) is -0.0426. The molecule has 2 nitrogen and oxygen atoms in total. The molecule has 0 spiro atoms. The third-order valence-corrected chi connectivity index (χ3v) is 2.35. The van der Waals surface area contributed by atoms with E-state index in [-0.39, 0.29) is 24.6 Å². The number of carbonyl (C=O) groups excluding carboxylic acids is 1. The summed E-state index contributed by atoms with van der Waals surface area (Å²) in [5.41, 5.74) is 1.91. The van der Waals surface area contributed by atoms with Gasteiger partial charge in [-0.15, -0.1) is 0 Å². The van der Waals surface area contributed by atoms with Crippen molar-refractivity contribution in [2.45, 2.75) is 33.6 Å². The summed E-state index contributed by atoms with van der Waals surface area (Å²) in [5, 5.41) is 0. The molecule has 2 heteroatoms. The van der Waals surface area contributed by atoms with Crippen LogP contribution >= 0.6 is 0 Å². The van der Waals surface area contributed by atoms with Crippen LogP contribution in [0.15, 0.2) is 29.3 Å². The van der Waals surface area contributed by atoms with Crippen molar-refractivity contribution in [3.8, 4) is 0 Å². The molecule has 0 saturated carbocycles. The maximum absolute atomic E-state index is 11.8. The standard InChI is InChI=1S/C14H19NO/c1-10(2)9-15-14(16)12(4)13-7-5-11(3)6-8-13/h5-10,12H,1-4H3/i3D. The van der Waals surface area contributed by atoms with Crippen molar-refractivity contribution in [1.82, 2.24) is 0 Å². The molecular weight excluding hydrogens is 198 g/mol. The second-order valence-corrected chi connectivity index (χ2v) is 4.32. The fourth-order valence-corrected chi connectivity index (χ4v) is 1.28. The minimum Gasteiger partial charge on any atom is -0.272 e. The molecule has 0 saturated heterocycles. The number of amides is 1. The van der Waals surface area contributed by atoms with Gasteiger partial charge >= 0.3 is 0 Å². The van der Waals surface area contributed by atoms with Crippen molar-refractivity contribution in [3.63, 3.8) is 0 Å². The average Bonchev–Trinajstić information content (AvgIpc) is 2.35. The van der Waals surface area contributed by atoms with E-state index < -0.39 is 0 Å². The first kappa shape index (κ1) is 11.1. The van der Waals surface area contributed by atoms with E-state index in [1.165, 1.54) is 0 Å². The maximum atomic E-state index is 11.8. The Morgan fingerprint density at radius 1 is 1.31 bits per heavy atom. The molecule has 0 radical (unpaired) electrons. The van der Waals surface area contributed by atoms with Gasteiger partial charge in [-0.2, -0.15) is 0 Å². The molecule has 1 rings (SSSR count). The van der Waals surface area contributed by atoms with Gasteiger partial charge in [-0.3, -0.25) is 4.79 Å². The summed E-state index contributed by atoms with van der Waals surface area (Å²) in [6, 6.07) is 7.57. The van der Waals surface area contributed by atoms with E-state index in [0.717, 1.165) is 11.1 Å². The lowest BCUT2D eigenvalue weighted by Crippen LogP contribution is -2.07. The molecule has 0 heterocycles. The number of aryl methyl sites for hydroxylation is 1. The van der Waals surface area contributed by atoms with E-state index in [0.29, 0.717) is 0 Å². The first-order valence-corrected chi connectivity index (χ1v) is 5.50. The Bertz CT molecular complexity index is 395. The maximum Gasteiger partial charge on any atom is 0.252 e. The molecule has 1 amide bonds. The van der Waals surface area contributed by atoms with Crippen molar-refractivity contribution in [2.75, 3.05) is 0 Å². The smallest absolute Gasteiger partial charge is 0.252 e. The number of nitrogens with zero attached hydrogens (tertiary/aromatic N) is 1. The lowest BCUT2D eigenvalue weighted by atomic mass is 9.99. The van der Waals surface area contributed by atoms with Crippen molar-refractivity contribution < 1.29 is 6.17 Å². The lowest BCUT2D eigenvalue weighted by Gasteiger charge is -2.07. The Morgan fingerprint density at radius 2 is 1.94 bits per heavy atom. The predicted octanol–water partition coefficient (Wildman–Crippen LogP) is 3.35. The van der Waals surface area contributed by atoms with Crippen LogP contribution in [-0.4, -0.2) is 12.1 Å². The molecule has 1 aromatic carbocycles. The van der Waals surface area contributed by atoms with Gasteiger partial charge in [-0.25, -0.2) is 4.99 Å². The van der Waals surface area contributed by atoms with Crippen molar-refractivity contribution in [1.29, 1.82) is 0 Å². The van der Waals surface area contributed by atoms with Gasteiger partial charge in [0.15, 0.2) is 0 Å². The molecule has 16 heavy (non-hydrogen) atoms. The molecule has 0 aromatic heterocycles. The highest BCUT2D eigenvalue weighted by Gasteiger charge is 2.13. The predicted molar refractivity (Wildman–Crippen MR) is 67.9 cm³/mol. The van der Waals surface area contributed by atoms with Crippen LogP contribution in [0.2, 0.25) is 0 Å². The monoisotopic (exact) mass is 218 g/mol. The molecule has 1 aromatic rings. The van der Waals surface area contributed by atoms with Gasteiger partial charge in [-0.05, 0) is 25.3 Å². The third-order valence-electron chi connectivity index (χ3n) is 2.35. The van der Waals surface area contributed by atoms with Crippen LogP contribution in [0, 0.1) is 12.8 Å². The highest BCUT2D eigenvalue weighted by atomic mass is 16.1. The Hall–Kier alpha value is -1.44. The highest BCUT2D eigenvalue weighted by Crippen LogP contribution is 2.17. The molecule has 0 aliphatic heterocycles. The Balaban J connectivity index is 2.74. The van der Waals surface area contributed by atoms with Crippen LogP contribution in [0.4, 0.5) is 0 Å². The number of aliphatic imine (C=N–C) groups is 1. The summed E-state index contributed by atoms with van der Waals surface area (Å²) in [6.07, 6.45) is 1.68. The minimum absolute atomic E-state index is 0.114. The molecule has 0 fully saturated rings. The fourth-order valence-electron chi connectivity index (χ4n) is 1.28. The van der Waals surface area contributed by atoms with Crippen molar-refractivity contribution >= 4 is 12.1 Å². The SMILES string of the molecule is [2H]Cc1ccc(C(C)C(=O)N=CC(C)C)cc1. The molecule has 86 valence electrons. The third kappa shape index (κ3) is 3.61. The van der Waals surface area contributed by atoms with E-state index >= 15 is 0 Å². The molecule has 1 atom stereocenters. The minimum atomic E-state index is -0.218. The zero-order valence-electron chi connectivity index (χ0n) is 11.1. The quantitative estimate of drug-likeness (QED) is 0.715. The summed E-state index contributed by atoms with van der Waals surface area (Å²) >= 11 is 0. The first-order valence-electron chi connectivity index (χ1n) is 6.21. The van der Waals surface area contributed by atoms with Crippen LogP contribution in [0.25, 0.3) is 0 Å². The summed E-state index contributed by atoms with van der Waals surface area (Å²) < 4.78 is 7.23. The Labute approximate surface area is 98.8 Å². The largest absolute Gasteiger partial charge is 0.272 e. The fraction of sp³-hybridized carbons (Fsp3) is 0.429. The second-order valence-electron chi connectivity index (χ2n) is 4.32. The van der Waals surface area contributed by atoms with Gasteiger partial charge in [0.05, 0.1) is 5.92 Å². The zero-order valence-corrected chi connectivity index (χ0v) is 10.1. The normalized spacial score (nSPS) is 14.1. The topological polar surface area (TPSA) is 29.4 Å². The van der Waals surface area contributed by atoms with Crippen molar-refractivity contribution in [2.24, 2.45) is 10.9 Å². The van der Waals surface area contributed by atoms with Crippen LogP contribution in [0.3, 0.4) is 0 Å². The number of carbonyl (C=O) groups is 1. The van der Waals surface area contributed by atoms with Crippen LogP contribution in [0.1, 0.15) is 39.2 Å². The van der Waals surface area contributed by atoms with Gasteiger partial charge in [-0.1, -0.05) is 43.7 Å². The highest BCUT2D eigenvalue weighted by molar-refractivity contribution is 5.90. The van der Waals surface area contributed by atoms with Crippen LogP contribution in [0.5, 0.6) is 0 Å². The van der Waals surface area contributed by atoms with E-state index in [1.807, 2.05) is 45.0 Å². The van der Waals surface area contributed by atoms with Gasteiger partial charge in [0.2, 0.25) is 0 Å². The van der Waals surface area contributed by atoms with Crippen molar-refractivity contribution in [3.05, 3.63) is 35.4 Å². The number of hydrogen-bond donors (Lipinski definition) is 0. The molecule has 0 bridgehead atoms. The molecular formula is C14H19NO. The Morgan fingerprint density at radius 3 is 2.44 bits per heavy atom. The molecule has 0 aliphatic rings. The summed E-state index contributed by atoms with van der Waals surface area (Å²) in [6.45, 7) is 6.11. The summed E-state index contributed by atoms with van der Waals surface area (Å²) in [4.78, 5) is 15.7. The molecule has 0 aliphatic carbocycles. The first-order chi connectivity index (χ1) is 8.04. The molecule has 1 unspecified atom stereocenters. The number of hydrogen-bond acceptors (Lipinski definition) is 1. The van der Waals surface area contributed by atoms with E-state index in [2.05, 4.69) is 4.99 Å². The van der Waals surface area contributed by atoms with Gasteiger partial charge < -0.3 is 0 Å². The van der Waals surface area contributed by atoms with Crippen LogP contribution in [-0.2, 0) is 4.79 Å². The number of benzene rings is 1. The summed E-state index contributed by atoms with van der Waals surface area (Å²) in [7, 11) is 0. The second kappa shape index (κ2) is 5.59. The van der Waals surface area contributed by atoms with Crippen LogP contribution < -0.4 is 0 Å². The van der Waals surface area contributed by atoms with E-state index in [4.69, 9.17) is 1.37 Å². The van der Waals surface area contributed by atoms with Gasteiger partial charge in [0.25, 0.3) is 5.91 Å². The van der Waals surface area contributed by atoms with E-state index in [9.17, 15) is 4.79 Å². The number of rotatable bonds is 3. The Kier molecular flexibility index (Phi) is 3.86. The zero-order chi connectivity index (χ0) is 12.8. The average molecular weight is 218 g/mol. The molecule has 0 N–H and O–H groups in total. The van der Waals surface area contributed by atoms with Gasteiger partial charge in [0, 0.05) is 7.59 Å².